The zero-order valence-corrected chi connectivity index (χ0v) is 11.5. The van der Waals surface area contributed by atoms with E-state index in [1.807, 2.05) is 0 Å². The summed E-state index contributed by atoms with van der Waals surface area (Å²) in [6.45, 7) is 1.68. The number of nitro groups is 1. The van der Waals surface area contributed by atoms with Gasteiger partial charge in [0.2, 0.25) is 5.91 Å². The van der Waals surface area contributed by atoms with Gasteiger partial charge in [-0.3, -0.25) is 19.7 Å². The molecule has 0 heterocycles. The van der Waals surface area contributed by atoms with Gasteiger partial charge in [-0.15, -0.1) is 0 Å². The van der Waals surface area contributed by atoms with Crippen LogP contribution in [-0.2, 0) is 9.59 Å². The monoisotopic (exact) mass is 292 g/mol. The van der Waals surface area contributed by atoms with Gasteiger partial charge in [0.15, 0.2) is 0 Å². The second-order valence-electron chi connectivity index (χ2n) is 5.29. The molecule has 7 heteroatoms. The number of carbonyl (C=O) groups excluding carboxylic acids is 1. The average Bonchev–Trinajstić information content (AvgIpc) is 2.90. The Morgan fingerprint density at radius 2 is 2.00 bits per heavy atom. The van der Waals surface area contributed by atoms with E-state index in [1.54, 1.807) is 6.92 Å². The standard InChI is InChI=1S/C14H16N2O5/c1-8-6-11(16(20)21)4-5-12(8)15-13(17)9-2-3-10(7-9)14(18)19/h4-6,9-10H,2-3,7H2,1H3,(H,15,17)(H,18,19). The molecule has 2 atom stereocenters. The number of amides is 1. The SMILES string of the molecule is Cc1cc([N+](=O)[O-])ccc1NC(=O)C1CCC(C(=O)O)C1. The quantitative estimate of drug-likeness (QED) is 0.653. The smallest absolute Gasteiger partial charge is 0.306 e. The number of non-ortho nitro benzene ring substituents is 1. The van der Waals surface area contributed by atoms with Crippen molar-refractivity contribution in [1.29, 1.82) is 0 Å². The molecule has 1 fully saturated rings. The molecule has 0 aliphatic heterocycles. The van der Waals surface area contributed by atoms with Crippen LogP contribution in [0.1, 0.15) is 24.8 Å². The van der Waals surface area contributed by atoms with Gasteiger partial charge in [-0.2, -0.15) is 0 Å². The van der Waals surface area contributed by atoms with E-state index in [1.165, 1.54) is 18.2 Å². The third kappa shape index (κ3) is 3.36. The summed E-state index contributed by atoms with van der Waals surface area (Å²) in [4.78, 5) is 33.2. The normalized spacial score (nSPS) is 21.0. The maximum Gasteiger partial charge on any atom is 0.306 e. The molecular formula is C14H16N2O5. The van der Waals surface area contributed by atoms with Crippen molar-refractivity contribution in [3.05, 3.63) is 33.9 Å². The Morgan fingerprint density at radius 1 is 1.33 bits per heavy atom. The molecule has 112 valence electrons. The van der Waals surface area contributed by atoms with E-state index in [0.717, 1.165) is 0 Å². The number of rotatable bonds is 4. The number of nitro benzene ring substituents is 1. The molecule has 0 bridgehead atoms. The van der Waals surface area contributed by atoms with Gasteiger partial charge in [0, 0.05) is 23.7 Å². The lowest BCUT2D eigenvalue weighted by atomic mass is 10.0. The average molecular weight is 292 g/mol. The number of nitrogens with one attached hydrogen (secondary N) is 1. The minimum Gasteiger partial charge on any atom is -0.481 e. The number of hydrogen-bond acceptors (Lipinski definition) is 4. The van der Waals surface area contributed by atoms with Gasteiger partial charge >= 0.3 is 5.97 Å². The second kappa shape index (κ2) is 5.90. The third-order valence-corrected chi connectivity index (χ3v) is 3.83. The number of anilines is 1. The minimum atomic E-state index is -0.864. The largest absolute Gasteiger partial charge is 0.481 e. The van der Waals surface area contributed by atoms with Crippen molar-refractivity contribution in [3.8, 4) is 0 Å². The highest BCUT2D eigenvalue weighted by Gasteiger charge is 2.33. The summed E-state index contributed by atoms with van der Waals surface area (Å²) in [5, 5.41) is 22.3. The number of carboxylic acids is 1. The van der Waals surface area contributed by atoms with Crippen molar-refractivity contribution in [2.45, 2.75) is 26.2 Å². The second-order valence-corrected chi connectivity index (χ2v) is 5.29. The molecule has 1 aromatic carbocycles. The lowest BCUT2D eigenvalue weighted by molar-refractivity contribution is -0.384. The number of carboxylic acid groups (broad SMARTS) is 1. The Kier molecular flexibility index (Phi) is 4.21. The summed E-state index contributed by atoms with van der Waals surface area (Å²) >= 11 is 0. The van der Waals surface area contributed by atoms with Gasteiger partial charge in [-0.1, -0.05) is 0 Å². The zero-order chi connectivity index (χ0) is 15.6. The summed E-state index contributed by atoms with van der Waals surface area (Å²) < 4.78 is 0. The summed E-state index contributed by atoms with van der Waals surface area (Å²) in [7, 11) is 0. The van der Waals surface area contributed by atoms with Gasteiger partial charge in [-0.05, 0) is 37.8 Å². The van der Waals surface area contributed by atoms with E-state index in [4.69, 9.17) is 5.11 Å². The molecule has 7 nitrogen and oxygen atoms in total. The number of hydrogen-bond donors (Lipinski definition) is 2. The van der Waals surface area contributed by atoms with Crippen LogP contribution in [0.4, 0.5) is 11.4 Å². The van der Waals surface area contributed by atoms with Crippen molar-refractivity contribution >= 4 is 23.3 Å². The first kappa shape index (κ1) is 15.0. The molecule has 2 unspecified atom stereocenters. The molecule has 1 aliphatic carbocycles. The highest BCUT2D eigenvalue weighted by Crippen LogP contribution is 2.32. The van der Waals surface area contributed by atoms with Gasteiger partial charge in [-0.25, -0.2) is 0 Å². The molecule has 1 aliphatic rings. The molecule has 1 amide bonds. The Bertz CT molecular complexity index is 599. The number of benzene rings is 1. The van der Waals surface area contributed by atoms with Crippen LogP contribution in [0.15, 0.2) is 18.2 Å². The van der Waals surface area contributed by atoms with Crippen LogP contribution < -0.4 is 5.32 Å². The van der Waals surface area contributed by atoms with Crippen LogP contribution in [-0.4, -0.2) is 21.9 Å². The van der Waals surface area contributed by atoms with E-state index < -0.39 is 16.8 Å². The molecule has 0 saturated heterocycles. The zero-order valence-electron chi connectivity index (χ0n) is 11.5. The Balaban J connectivity index is 2.03. The Hall–Kier alpha value is -2.44. The highest BCUT2D eigenvalue weighted by molar-refractivity contribution is 5.94. The van der Waals surface area contributed by atoms with Crippen LogP contribution in [0, 0.1) is 28.9 Å². The van der Waals surface area contributed by atoms with Gasteiger partial charge in [0.05, 0.1) is 10.8 Å². The molecule has 2 rings (SSSR count). The van der Waals surface area contributed by atoms with Crippen molar-refractivity contribution in [2.24, 2.45) is 11.8 Å². The maximum absolute atomic E-state index is 12.1. The van der Waals surface area contributed by atoms with E-state index in [-0.39, 0.29) is 17.5 Å². The highest BCUT2D eigenvalue weighted by atomic mass is 16.6. The fourth-order valence-corrected chi connectivity index (χ4v) is 2.58. The first-order valence-electron chi connectivity index (χ1n) is 6.67. The molecule has 0 radical (unpaired) electrons. The van der Waals surface area contributed by atoms with Crippen LogP contribution in [0.2, 0.25) is 0 Å². The molecule has 2 N–H and O–H groups in total. The fourth-order valence-electron chi connectivity index (χ4n) is 2.58. The van der Waals surface area contributed by atoms with Crippen LogP contribution in [0.3, 0.4) is 0 Å². The van der Waals surface area contributed by atoms with Gasteiger partial charge < -0.3 is 10.4 Å². The summed E-state index contributed by atoms with van der Waals surface area (Å²) in [5.41, 5.74) is 1.09. The molecule has 1 saturated carbocycles. The first-order valence-corrected chi connectivity index (χ1v) is 6.67. The fraction of sp³-hybridized carbons (Fsp3) is 0.429. The lowest BCUT2D eigenvalue weighted by Gasteiger charge is -2.12. The lowest BCUT2D eigenvalue weighted by Crippen LogP contribution is -2.22. The Morgan fingerprint density at radius 3 is 2.52 bits per heavy atom. The Labute approximate surface area is 121 Å². The maximum atomic E-state index is 12.1. The van der Waals surface area contributed by atoms with E-state index in [2.05, 4.69) is 5.32 Å². The van der Waals surface area contributed by atoms with Crippen LogP contribution >= 0.6 is 0 Å². The van der Waals surface area contributed by atoms with Crippen LogP contribution in [0.5, 0.6) is 0 Å². The first-order chi connectivity index (χ1) is 9.88. The van der Waals surface area contributed by atoms with E-state index >= 15 is 0 Å². The van der Waals surface area contributed by atoms with Crippen molar-refractivity contribution in [3.63, 3.8) is 0 Å². The number of nitrogens with zero attached hydrogens (tertiary/aromatic N) is 1. The summed E-state index contributed by atoms with van der Waals surface area (Å²) in [6, 6.07) is 4.22. The van der Waals surface area contributed by atoms with Crippen molar-refractivity contribution in [1.82, 2.24) is 0 Å². The molecule has 0 spiro atoms. The van der Waals surface area contributed by atoms with E-state index in [9.17, 15) is 19.7 Å². The van der Waals surface area contributed by atoms with Crippen molar-refractivity contribution < 1.29 is 19.6 Å². The predicted molar refractivity (Wildman–Crippen MR) is 74.9 cm³/mol. The van der Waals surface area contributed by atoms with Crippen LogP contribution in [0.25, 0.3) is 0 Å². The number of aliphatic carboxylic acids is 1. The third-order valence-electron chi connectivity index (χ3n) is 3.83. The molecule has 0 aromatic heterocycles. The molecule has 21 heavy (non-hydrogen) atoms. The van der Waals surface area contributed by atoms with Gasteiger partial charge in [0.25, 0.3) is 5.69 Å². The minimum absolute atomic E-state index is 0.0303. The number of carbonyl (C=O) groups is 2. The molecular weight excluding hydrogens is 276 g/mol. The topological polar surface area (TPSA) is 110 Å². The number of aryl methyl sites for hydroxylation is 1. The summed E-state index contributed by atoms with van der Waals surface area (Å²) in [6.07, 6.45) is 1.40. The van der Waals surface area contributed by atoms with Gasteiger partial charge in [0.1, 0.15) is 0 Å². The van der Waals surface area contributed by atoms with E-state index in [0.29, 0.717) is 30.5 Å². The molecule has 1 aromatic rings. The summed E-state index contributed by atoms with van der Waals surface area (Å²) in [5.74, 6) is -1.87. The predicted octanol–water partition coefficient (Wildman–Crippen LogP) is 2.34. The van der Waals surface area contributed by atoms with Crippen molar-refractivity contribution in [2.75, 3.05) is 5.32 Å².